The molecule has 4 rings (SSSR count). The topological polar surface area (TPSA) is 102 Å². The molecule has 0 saturated heterocycles. The predicted octanol–water partition coefficient (Wildman–Crippen LogP) is 1.62. The van der Waals surface area contributed by atoms with Gasteiger partial charge < -0.3 is 23.3 Å². The van der Waals surface area contributed by atoms with Crippen LogP contribution in [0, 0.1) is 0 Å². The van der Waals surface area contributed by atoms with Crippen molar-refractivity contribution in [2.45, 2.75) is 38.4 Å². The van der Waals surface area contributed by atoms with E-state index in [0.29, 0.717) is 29.3 Å². The number of fused-ring (bicyclic) bond motifs is 8. The van der Waals surface area contributed by atoms with E-state index in [-0.39, 0.29) is 18.8 Å². The van der Waals surface area contributed by atoms with Crippen LogP contribution in [0.3, 0.4) is 0 Å². The molecule has 4 bridgehead atoms. The van der Waals surface area contributed by atoms with E-state index in [0.717, 1.165) is 19.0 Å². The molecule has 0 atom stereocenters. The molecule has 0 unspecified atom stereocenters. The zero-order chi connectivity index (χ0) is 18.7. The van der Waals surface area contributed by atoms with Gasteiger partial charge in [-0.25, -0.2) is 0 Å². The molecule has 0 amide bonds. The Kier molecular flexibility index (Phi) is 5.67. The Morgan fingerprint density at radius 3 is 2.85 bits per heavy atom. The van der Waals surface area contributed by atoms with E-state index in [2.05, 4.69) is 4.98 Å². The molecule has 0 spiro atoms. The number of nitrogens with zero attached hydrogens (tertiary/aromatic N) is 3. The van der Waals surface area contributed by atoms with E-state index in [1.165, 1.54) is 4.57 Å². The van der Waals surface area contributed by atoms with Crippen LogP contribution in [0.4, 0.5) is 9.59 Å². The third-order valence-electron chi connectivity index (χ3n) is 3.60. The first-order valence-corrected chi connectivity index (χ1v) is 8.96. The lowest BCUT2D eigenvalue weighted by Crippen LogP contribution is -2.23. The fourth-order valence-electron chi connectivity index (χ4n) is 2.48. The van der Waals surface area contributed by atoms with Crippen molar-refractivity contribution < 1.29 is 23.8 Å². The predicted molar refractivity (Wildman–Crippen MR) is 94.5 cm³/mol. The molecule has 2 aliphatic heterocycles. The van der Waals surface area contributed by atoms with E-state index in [1.807, 2.05) is 18.4 Å². The van der Waals surface area contributed by atoms with Gasteiger partial charge in [-0.1, -0.05) is 0 Å². The molecule has 0 fully saturated rings. The summed E-state index contributed by atoms with van der Waals surface area (Å²) in [6.07, 6.45) is 1.71. The number of hydrogen-bond acceptors (Lipinski definition) is 8. The fraction of sp³-hybridized carbons (Fsp3) is 0.467. The maximum atomic E-state index is 12.5. The van der Waals surface area contributed by atoms with Gasteiger partial charge in [0, 0.05) is 12.7 Å². The molecule has 4 heterocycles. The number of carbonyl (C=O) groups is 2. The van der Waals surface area contributed by atoms with E-state index in [4.69, 9.17) is 14.2 Å². The van der Waals surface area contributed by atoms with Crippen LogP contribution >= 0.6 is 11.8 Å². The molecule has 2 aliphatic rings. The van der Waals surface area contributed by atoms with Crippen molar-refractivity contribution in [3.8, 4) is 0 Å². The van der Waals surface area contributed by atoms with Crippen LogP contribution in [0.25, 0.3) is 11.0 Å². The van der Waals surface area contributed by atoms with Crippen LogP contribution in [-0.2, 0) is 27.5 Å². The van der Waals surface area contributed by atoms with Gasteiger partial charge in [0.05, 0.1) is 18.2 Å². The highest BCUT2D eigenvalue weighted by atomic mass is 32.2. The van der Waals surface area contributed by atoms with Crippen molar-refractivity contribution in [1.82, 2.24) is 14.1 Å². The van der Waals surface area contributed by atoms with Crippen molar-refractivity contribution in [2.24, 2.45) is 0 Å². The summed E-state index contributed by atoms with van der Waals surface area (Å²) in [6.45, 7) is 4.56. The fourth-order valence-corrected chi connectivity index (χ4v) is 3.25. The Balaban J connectivity index is 2.03. The van der Waals surface area contributed by atoms with Gasteiger partial charge in [0.2, 0.25) is 0 Å². The minimum absolute atomic E-state index is 0.0727. The standard InChI is InChI=1S/C15H17BN3O6S/c1-9(2)23-6-5-19-10-3-4-18-7-24-13(21)16-14(22)25-8-26-15(19)17-12(20)11(10)18/h3-4,9H,5-8H2,1-2H3. The average Bonchev–Trinajstić information content (AvgIpc) is 2.99. The van der Waals surface area contributed by atoms with Crippen molar-refractivity contribution in [3.05, 3.63) is 22.6 Å². The lowest BCUT2D eigenvalue weighted by molar-refractivity contribution is 0.0719. The third-order valence-corrected chi connectivity index (χ3v) is 4.41. The van der Waals surface area contributed by atoms with Gasteiger partial charge in [-0.15, -0.1) is 0 Å². The van der Waals surface area contributed by atoms with Crippen molar-refractivity contribution in [2.75, 3.05) is 12.5 Å². The highest BCUT2D eigenvalue weighted by Gasteiger charge is 2.20. The number of hydrogen-bond donors (Lipinski definition) is 0. The molecule has 11 heteroatoms. The molecule has 0 aromatic carbocycles. The molecule has 0 aliphatic carbocycles. The normalized spacial score (nSPS) is 15.3. The second-order valence-corrected chi connectivity index (χ2v) is 6.64. The maximum absolute atomic E-state index is 12.5. The summed E-state index contributed by atoms with van der Waals surface area (Å²) in [5.41, 5.74) is 0.516. The molecule has 2 aromatic heterocycles. The third kappa shape index (κ3) is 4.10. The van der Waals surface area contributed by atoms with E-state index in [1.54, 1.807) is 12.3 Å². The lowest BCUT2D eigenvalue weighted by atomic mass is 9.79. The monoisotopic (exact) mass is 378 g/mol. The molecular weight excluding hydrogens is 361 g/mol. The van der Waals surface area contributed by atoms with Crippen LogP contribution in [0.5, 0.6) is 0 Å². The Morgan fingerprint density at radius 1 is 1.31 bits per heavy atom. The van der Waals surface area contributed by atoms with Crippen LogP contribution in [0.15, 0.2) is 22.2 Å². The number of aromatic nitrogens is 3. The second kappa shape index (κ2) is 7.96. The molecule has 0 N–H and O–H groups in total. The summed E-state index contributed by atoms with van der Waals surface area (Å²) in [5.74, 6) is -1.74. The van der Waals surface area contributed by atoms with Crippen molar-refractivity contribution >= 4 is 41.8 Å². The number of rotatable bonds is 4. The molecule has 26 heavy (non-hydrogen) atoms. The Bertz CT molecular complexity index is 893. The largest absolute Gasteiger partial charge is 0.462 e. The summed E-state index contributed by atoms with van der Waals surface area (Å²) in [7, 11) is 0.729. The summed E-state index contributed by atoms with van der Waals surface area (Å²) in [4.78, 5) is 39.8. The average molecular weight is 378 g/mol. The zero-order valence-electron chi connectivity index (χ0n) is 14.3. The highest BCUT2D eigenvalue weighted by Crippen LogP contribution is 2.21. The zero-order valence-corrected chi connectivity index (χ0v) is 15.2. The molecule has 0 saturated carbocycles. The summed E-state index contributed by atoms with van der Waals surface area (Å²) >= 11 is 1.09. The van der Waals surface area contributed by atoms with Gasteiger partial charge in [-0.05, 0) is 31.7 Å². The van der Waals surface area contributed by atoms with Crippen LogP contribution in [-0.4, -0.2) is 51.8 Å². The van der Waals surface area contributed by atoms with Gasteiger partial charge >= 0.3 is 7.28 Å². The Morgan fingerprint density at radius 2 is 2.08 bits per heavy atom. The van der Waals surface area contributed by atoms with Gasteiger partial charge in [-0.3, -0.25) is 14.4 Å². The minimum atomic E-state index is -0.838. The van der Waals surface area contributed by atoms with Crippen molar-refractivity contribution in [1.29, 1.82) is 0 Å². The minimum Gasteiger partial charge on any atom is -0.462 e. The smallest absolute Gasteiger partial charge is 0.405 e. The van der Waals surface area contributed by atoms with Gasteiger partial charge in [-0.2, -0.15) is 4.98 Å². The van der Waals surface area contributed by atoms with Crippen molar-refractivity contribution in [3.63, 3.8) is 0 Å². The maximum Gasteiger partial charge on any atom is 0.405 e. The first-order chi connectivity index (χ1) is 12.5. The first kappa shape index (κ1) is 18.5. The summed E-state index contributed by atoms with van der Waals surface area (Å²) < 4.78 is 18.9. The number of thioether (sulfide) groups is 1. The summed E-state index contributed by atoms with van der Waals surface area (Å²) in [5, 5.41) is 0.409. The molecule has 9 nitrogen and oxygen atoms in total. The van der Waals surface area contributed by atoms with Crippen LogP contribution in [0.1, 0.15) is 13.8 Å². The lowest BCUT2D eigenvalue weighted by Gasteiger charge is -2.15. The van der Waals surface area contributed by atoms with Crippen LogP contribution in [0.2, 0.25) is 0 Å². The van der Waals surface area contributed by atoms with Gasteiger partial charge in [0.15, 0.2) is 11.9 Å². The molecular formula is C15H17BN3O6S. The first-order valence-electron chi connectivity index (χ1n) is 7.98. The van der Waals surface area contributed by atoms with Gasteiger partial charge in [0.25, 0.3) is 17.3 Å². The van der Waals surface area contributed by atoms with E-state index >= 15 is 0 Å². The second-order valence-electron chi connectivity index (χ2n) is 5.75. The number of ether oxygens (including phenoxy) is 3. The summed E-state index contributed by atoms with van der Waals surface area (Å²) in [6, 6.07) is 1.76. The quantitative estimate of drug-likeness (QED) is 0.584. The molecule has 137 valence electrons. The Hall–Kier alpha value is -2.27. The van der Waals surface area contributed by atoms with Gasteiger partial charge in [0.1, 0.15) is 11.5 Å². The molecule has 2 aromatic rings. The number of carbonyl (C=O) groups excluding carboxylic acids is 2. The van der Waals surface area contributed by atoms with E-state index < -0.39 is 17.3 Å². The van der Waals surface area contributed by atoms with Crippen LogP contribution < -0.4 is 5.56 Å². The molecule has 1 radical (unpaired) electrons. The Labute approximate surface area is 153 Å². The van der Waals surface area contributed by atoms with E-state index in [9.17, 15) is 14.4 Å². The highest BCUT2D eigenvalue weighted by molar-refractivity contribution is 7.99. The SMILES string of the molecule is CC(C)OCCn1c2nc(=O)c3c1ccn3COC(=O)[B]C(=O)OCS2.